The van der Waals surface area contributed by atoms with Crippen molar-refractivity contribution < 1.29 is 23.6 Å². The van der Waals surface area contributed by atoms with E-state index in [9.17, 15) is 9.90 Å². The van der Waals surface area contributed by atoms with Crippen molar-refractivity contribution in [3.8, 4) is 34.2 Å². The first-order chi connectivity index (χ1) is 15.1. The van der Waals surface area contributed by atoms with E-state index in [0.717, 1.165) is 5.56 Å². The van der Waals surface area contributed by atoms with Gasteiger partial charge in [0.2, 0.25) is 5.69 Å². The van der Waals surface area contributed by atoms with Crippen LogP contribution < -0.4 is 4.74 Å². The third-order valence-electron chi connectivity index (χ3n) is 4.74. The van der Waals surface area contributed by atoms with Gasteiger partial charge in [0.15, 0.2) is 11.5 Å². The Morgan fingerprint density at radius 2 is 2.00 bits per heavy atom. The number of carboxylic acids is 1. The number of aromatic nitrogens is 4. The van der Waals surface area contributed by atoms with E-state index >= 15 is 0 Å². The summed E-state index contributed by atoms with van der Waals surface area (Å²) in [6.07, 6.45) is 1.44. The lowest BCUT2D eigenvalue weighted by Crippen LogP contribution is -2.04. The molecule has 0 fully saturated rings. The van der Waals surface area contributed by atoms with Crippen molar-refractivity contribution in [2.75, 3.05) is 7.11 Å². The zero-order valence-corrected chi connectivity index (χ0v) is 16.7. The summed E-state index contributed by atoms with van der Waals surface area (Å²) in [5, 5.41) is 22.9. The molecular weight excluding hydrogens is 424 g/mol. The standard InChI is InChI=1S/C21H13ClN4O5/c1-29-17-10-14-13(20(31-24-14)11-4-6-12(22)7-5-11)9-15(17)26-19(16-3-2-8-30-16)18(21(27)28)23-25-26/h2-10H,1H3,(H,27,28). The minimum Gasteiger partial charge on any atom is -0.494 e. The molecule has 1 N–H and O–H groups in total. The van der Waals surface area contributed by atoms with E-state index in [1.807, 2.05) is 12.1 Å². The Labute approximate surface area is 179 Å². The first-order valence-corrected chi connectivity index (χ1v) is 9.41. The van der Waals surface area contributed by atoms with E-state index in [1.54, 1.807) is 36.4 Å². The molecule has 5 rings (SSSR count). The Kier molecular flexibility index (Phi) is 4.45. The van der Waals surface area contributed by atoms with Crippen LogP contribution in [0.5, 0.6) is 5.75 Å². The molecule has 0 atom stereocenters. The van der Waals surface area contributed by atoms with Crippen LogP contribution in [0.25, 0.3) is 39.4 Å². The fourth-order valence-electron chi connectivity index (χ4n) is 3.33. The molecule has 3 aromatic heterocycles. The van der Waals surface area contributed by atoms with Gasteiger partial charge in [-0.1, -0.05) is 22.0 Å². The van der Waals surface area contributed by atoms with Gasteiger partial charge in [-0.15, -0.1) is 5.10 Å². The summed E-state index contributed by atoms with van der Waals surface area (Å²) >= 11 is 5.99. The third-order valence-corrected chi connectivity index (χ3v) is 4.99. The van der Waals surface area contributed by atoms with E-state index in [2.05, 4.69) is 15.5 Å². The lowest BCUT2D eigenvalue weighted by atomic mass is 10.1. The van der Waals surface area contributed by atoms with Gasteiger partial charge in [0.25, 0.3) is 0 Å². The zero-order valence-electron chi connectivity index (χ0n) is 15.9. The number of methoxy groups -OCH3 is 1. The monoisotopic (exact) mass is 436 g/mol. The van der Waals surface area contributed by atoms with Crippen LogP contribution in [0.1, 0.15) is 10.5 Å². The first kappa shape index (κ1) is 18.9. The Hall–Kier alpha value is -4.11. The van der Waals surface area contributed by atoms with Gasteiger partial charge in [-0.25, -0.2) is 9.48 Å². The minimum atomic E-state index is -1.23. The molecule has 0 aliphatic rings. The first-order valence-electron chi connectivity index (χ1n) is 9.03. The third kappa shape index (κ3) is 3.11. The number of carboxylic acid groups (broad SMARTS) is 1. The molecule has 0 spiro atoms. The van der Waals surface area contributed by atoms with Gasteiger partial charge in [0.1, 0.15) is 22.6 Å². The van der Waals surface area contributed by atoms with Crippen LogP contribution in [0.3, 0.4) is 0 Å². The van der Waals surface area contributed by atoms with Gasteiger partial charge >= 0.3 is 5.97 Å². The van der Waals surface area contributed by atoms with Crippen LogP contribution in [0.2, 0.25) is 5.02 Å². The van der Waals surface area contributed by atoms with Crippen LogP contribution in [0, 0.1) is 0 Å². The number of hydrogen-bond donors (Lipinski definition) is 1. The number of ether oxygens (including phenoxy) is 1. The number of nitrogens with zero attached hydrogens (tertiary/aromatic N) is 4. The summed E-state index contributed by atoms with van der Waals surface area (Å²) in [5.74, 6) is -0.0101. The highest BCUT2D eigenvalue weighted by molar-refractivity contribution is 6.30. The molecule has 0 bridgehead atoms. The van der Waals surface area contributed by atoms with E-state index in [0.29, 0.717) is 38.9 Å². The van der Waals surface area contributed by atoms with Crippen LogP contribution in [-0.4, -0.2) is 38.3 Å². The van der Waals surface area contributed by atoms with Gasteiger partial charge in [-0.05, 0) is 42.5 Å². The maximum Gasteiger partial charge on any atom is 0.358 e. The molecule has 0 unspecified atom stereocenters. The largest absolute Gasteiger partial charge is 0.494 e. The lowest BCUT2D eigenvalue weighted by molar-refractivity contribution is 0.0691. The van der Waals surface area contributed by atoms with Crippen molar-refractivity contribution in [3.63, 3.8) is 0 Å². The van der Waals surface area contributed by atoms with Gasteiger partial charge in [-0.3, -0.25) is 0 Å². The molecule has 9 nitrogen and oxygen atoms in total. The normalized spacial score (nSPS) is 11.2. The number of furan rings is 1. The maximum absolute atomic E-state index is 11.7. The molecule has 0 aliphatic carbocycles. The number of rotatable bonds is 5. The number of benzene rings is 2. The maximum atomic E-state index is 11.7. The van der Waals surface area contributed by atoms with Gasteiger partial charge in [-0.2, -0.15) is 0 Å². The van der Waals surface area contributed by atoms with Crippen molar-refractivity contribution in [2.45, 2.75) is 0 Å². The number of hydrogen-bond acceptors (Lipinski definition) is 7. The summed E-state index contributed by atoms with van der Waals surface area (Å²) in [4.78, 5) is 11.7. The zero-order chi connectivity index (χ0) is 21.5. The Morgan fingerprint density at radius 3 is 2.68 bits per heavy atom. The van der Waals surface area contributed by atoms with Crippen molar-refractivity contribution in [1.82, 2.24) is 20.2 Å². The summed E-state index contributed by atoms with van der Waals surface area (Å²) in [6.45, 7) is 0. The fourth-order valence-corrected chi connectivity index (χ4v) is 3.45. The van der Waals surface area contributed by atoms with Crippen molar-refractivity contribution in [1.29, 1.82) is 0 Å². The highest BCUT2D eigenvalue weighted by Crippen LogP contribution is 2.37. The Bertz CT molecular complexity index is 1400. The van der Waals surface area contributed by atoms with Crippen molar-refractivity contribution in [3.05, 3.63) is 65.5 Å². The quantitative estimate of drug-likeness (QED) is 0.421. The minimum absolute atomic E-state index is 0.180. The molecule has 10 heteroatoms. The molecule has 2 aromatic carbocycles. The number of aromatic carboxylic acids is 1. The average molecular weight is 437 g/mol. The molecule has 31 heavy (non-hydrogen) atoms. The van der Waals surface area contributed by atoms with Crippen molar-refractivity contribution in [2.24, 2.45) is 0 Å². The summed E-state index contributed by atoms with van der Waals surface area (Å²) in [6, 6.07) is 13.9. The lowest BCUT2D eigenvalue weighted by Gasteiger charge is -2.10. The highest BCUT2D eigenvalue weighted by atomic mass is 35.5. The van der Waals surface area contributed by atoms with Gasteiger partial charge in [0, 0.05) is 16.7 Å². The molecule has 3 heterocycles. The predicted octanol–water partition coefficient (Wildman–Crippen LogP) is 4.70. The molecule has 0 aliphatic heterocycles. The van der Waals surface area contributed by atoms with E-state index in [4.69, 9.17) is 25.3 Å². The topological polar surface area (TPSA) is 116 Å². The van der Waals surface area contributed by atoms with Gasteiger partial charge < -0.3 is 18.8 Å². The molecular formula is C21H13ClN4O5. The van der Waals surface area contributed by atoms with Gasteiger partial charge in [0.05, 0.1) is 18.8 Å². The summed E-state index contributed by atoms with van der Waals surface area (Å²) in [7, 11) is 1.49. The van der Waals surface area contributed by atoms with E-state index in [-0.39, 0.29) is 11.4 Å². The van der Waals surface area contributed by atoms with Crippen LogP contribution in [-0.2, 0) is 0 Å². The molecule has 154 valence electrons. The fraction of sp³-hybridized carbons (Fsp3) is 0.0476. The van der Waals surface area contributed by atoms with E-state index < -0.39 is 5.97 Å². The number of fused-ring (bicyclic) bond motifs is 1. The average Bonchev–Trinajstić information content (AvgIpc) is 3.51. The predicted molar refractivity (Wildman–Crippen MR) is 111 cm³/mol. The van der Waals surface area contributed by atoms with Crippen LogP contribution in [0.4, 0.5) is 0 Å². The molecule has 0 amide bonds. The number of halogens is 1. The van der Waals surface area contributed by atoms with E-state index in [1.165, 1.54) is 18.1 Å². The second kappa shape index (κ2) is 7.29. The SMILES string of the molecule is COc1cc2noc(-c3ccc(Cl)cc3)c2cc1-n1nnc(C(=O)O)c1-c1ccco1. The number of carbonyl (C=O) groups is 1. The summed E-state index contributed by atoms with van der Waals surface area (Å²) < 4.78 is 17.9. The second-order valence-corrected chi connectivity index (χ2v) is 6.98. The Balaban J connectivity index is 1.77. The molecule has 0 saturated heterocycles. The molecule has 0 saturated carbocycles. The molecule has 5 aromatic rings. The highest BCUT2D eigenvalue weighted by Gasteiger charge is 2.26. The summed E-state index contributed by atoms with van der Waals surface area (Å²) in [5.41, 5.74) is 1.71. The second-order valence-electron chi connectivity index (χ2n) is 6.54. The van der Waals surface area contributed by atoms with Crippen LogP contribution >= 0.6 is 11.6 Å². The smallest absolute Gasteiger partial charge is 0.358 e. The van der Waals surface area contributed by atoms with Crippen LogP contribution in [0.15, 0.2) is 63.7 Å². The Morgan fingerprint density at radius 1 is 1.19 bits per heavy atom. The molecule has 0 radical (unpaired) electrons. The van der Waals surface area contributed by atoms with Crippen molar-refractivity contribution >= 4 is 28.5 Å².